The molecule has 0 aliphatic carbocycles. The van der Waals surface area contributed by atoms with E-state index < -0.39 is 0 Å². The van der Waals surface area contributed by atoms with Crippen LogP contribution in [0.1, 0.15) is 0 Å². The monoisotopic (exact) mass is 655 g/mol. The van der Waals surface area contributed by atoms with E-state index in [0.717, 1.165) is 11.4 Å². The van der Waals surface area contributed by atoms with Crippen LogP contribution < -0.4 is 4.90 Å². The molecule has 0 saturated carbocycles. The van der Waals surface area contributed by atoms with Gasteiger partial charge in [0.2, 0.25) is 0 Å². The van der Waals surface area contributed by atoms with E-state index in [1.54, 1.807) is 0 Å². The van der Waals surface area contributed by atoms with Crippen molar-refractivity contribution in [2.75, 3.05) is 4.90 Å². The molecule has 50 heavy (non-hydrogen) atoms. The number of anilines is 3. The van der Waals surface area contributed by atoms with E-state index in [4.69, 9.17) is 0 Å². The lowest BCUT2D eigenvalue weighted by atomic mass is 9.99. The van der Waals surface area contributed by atoms with Crippen molar-refractivity contribution in [2.45, 2.75) is 0 Å². The van der Waals surface area contributed by atoms with Gasteiger partial charge in [0.05, 0.1) is 10.4 Å². The molecule has 0 saturated heterocycles. The van der Waals surface area contributed by atoms with Crippen LogP contribution in [0.3, 0.4) is 0 Å². The minimum atomic E-state index is 1.12. The third-order valence-electron chi connectivity index (χ3n) is 9.53. The Morgan fingerprint density at radius 2 is 0.640 bits per heavy atom. The van der Waals surface area contributed by atoms with Gasteiger partial charge in [-0.05, 0) is 80.9 Å². The zero-order chi connectivity index (χ0) is 33.3. The highest BCUT2D eigenvalue weighted by Crippen LogP contribution is 2.45. The summed E-state index contributed by atoms with van der Waals surface area (Å²) in [5.74, 6) is 0. The number of hydrogen-bond acceptors (Lipinski definition) is 2. The van der Waals surface area contributed by atoms with Crippen molar-refractivity contribution in [1.29, 1.82) is 0 Å². The first-order valence-corrected chi connectivity index (χ1v) is 17.8. The molecule has 9 rings (SSSR count). The second kappa shape index (κ2) is 13.0. The van der Waals surface area contributed by atoms with Crippen LogP contribution in [0.5, 0.6) is 0 Å². The molecule has 0 amide bonds. The number of rotatable bonds is 7. The van der Waals surface area contributed by atoms with Crippen LogP contribution in [0.4, 0.5) is 17.1 Å². The second-order valence-corrected chi connectivity index (χ2v) is 13.6. The van der Waals surface area contributed by atoms with Gasteiger partial charge in [0, 0.05) is 26.8 Å². The summed E-state index contributed by atoms with van der Waals surface area (Å²) in [5.41, 5.74) is 13.2. The van der Waals surface area contributed by atoms with Gasteiger partial charge in [-0.25, -0.2) is 0 Å². The topological polar surface area (TPSA) is 3.24 Å². The van der Waals surface area contributed by atoms with E-state index in [-0.39, 0.29) is 0 Å². The molecule has 0 radical (unpaired) electrons. The van der Waals surface area contributed by atoms with Crippen molar-refractivity contribution in [3.05, 3.63) is 200 Å². The van der Waals surface area contributed by atoms with Crippen LogP contribution in [0.2, 0.25) is 0 Å². The van der Waals surface area contributed by atoms with Crippen LogP contribution in [0.25, 0.3) is 64.7 Å². The van der Waals surface area contributed by atoms with Gasteiger partial charge >= 0.3 is 0 Å². The highest BCUT2D eigenvalue weighted by molar-refractivity contribution is 7.26. The van der Waals surface area contributed by atoms with Crippen molar-refractivity contribution < 1.29 is 0 Å². The average molecular weight is 656 g/mol. The number of hydrogen-bond donors (Lipinski definition) is 0. The van der Waals surface area contributed by atoms with E-state index in [1.807, 2.05) is 11.3 Å². The van der Waals surface area contributed by atoms with Gasteiger partial charge in [0.1, 0.15) is 0 Å². The molecule has 1 heterocycles. The molecule has 0 bridgehead atoms. The smallest absolute Gasteiger partial charge is 0.0640 e. The lowest BCUT2D eigenvalue weighted by molar-refractivity contribution is 1.30. The van der Waals surface area contributed by atoms with Crippen LogP contribution in [0, 0.1) is 0 Å². The Bertz CT molecular complexity index is 2410. The maximum atomic E-state index is 2.41. The predicted molar refractivity (Wildman–Crippen MR) is 216 cm³/mol. The van der Waals surface area contributed by atoms with E-state index in [0.29, 0.717) is 0 Å². The van der Waals surface area contributed by atoms with Crippen molar-refractivity contribution in [3.63, 3.8) is 0 Å². The lowest BCUT2D eigenvalue weighted by Crippen LogP contribution is -2.10. The van der Waals surface area contributed by atoms with Gasteiger partial charge < -0.3 is 4.90 Å². The maximum absolute atomic E-state index is 2.41. The zero-order valence-corrected chi connectivity index (χ0v) is 28.2. The molecule has 9 aromatic rings. The molecular formula is C48H33NS. The first-order valence-electron chi connectivity index (χ1n) is 17.0. The minimum Gasteiger partial charge on any atom is -0.309 e. The number of benzene rings is 8. The van der Waals surface area contributed by atoms with Crippen LogP contribution >= 0.6 is 11.3 Å². The molecule has 0 atom stereocenters. The molecule has 0 unspecified atom stereocenters. The summed E-state index contributed by atoms with van der Waals surface area (Å²) in [6.07, 6.45) is 0. The molecular weight excluding hydrogens is 623 g/mol. The molecule has 1 aromatic heterocycles. The van der Waals surface area contributed by atoms with E-state index in [9.17, 15) is 0 Å². The molecule has 0 aliphatic rings. The summed E-state index contributed by atoms with van der Waals surface area (Å²) in [6, 6.07) is 72.2. The van der Waals surface area contributed by atoms with Gasteiger partial charge in [0.25, 0.3) is 0 Å². The maximum Gasteiger partial charge on any atom is 0.0640 e. The summed E-state index contributed by atoms with van der Waals surface area (Å²) in [4.78, 5) is 2.41. The van der Waals surface area contributed by atoms with E-state index in [1.165, 1.54) is 70.4 Å². The summed E-state index contributed by atoms with van der Waals surface area (Å²) in [6.45, 7) is 0. The average Bonchev–Trinajstić information content (AvgIpc) is 3.59. The largest absolute Gasteiger partial charge is 0.309 e. The third-order valence-corrected chi connectivity index (χ3v) is 10.7. The summed E-state index contributed by atoms with van der Waals surface area (Å²) < 4.78 is 2.59. The summed E-state index contributed by atoms with van der Waals surface area (Å²) in [5, 5.41) is 2.59. The lowest BCUT2D eigenvalue weighted by Gasteiger charge is -2.26. The SMILES string of the molecule is c1ccc(-c2ccc(-c3ccc(N(c4ccc(-c5ccc(-c6ccccc6)cc5)cc4)c4cccc5c4sc4ccccc45)cc3)cc2)cc1. The van der Waals surface area contributed by atoms with Gasteiger partial charge in [-0.15, -0.1) is 11.3 Å². The summed E-state index contributed by atoms with van der Waals surface area (Å²) in [7, 11) is 0. The van der Waals surface area contributed by atoms with Gasteiger partial charge in [-0.3, -0.25) is 0 Å². The van der Waals surface area contributed by atoms with Gasteiger partial charge in [-0.2, -0.15) is 0 Å². The predicted octanol–water partition coefficient (Wildman–Crippen LogP) is 14.2. The quantitative estimate of drug-likeness (QED) is 0.165. The highest BCUT2D eigenvalue weighted by Gasteiger charge is 2.18. The first kappa shape index (κ1) is 29.9. The Kier molecular flexibility index (Phi) is 7.77. The van der Waals surface area contributed by atoms with Crippen LogP contribution in [0.15, 0.2) is 200 Å². The van der Waals surface area contributed by atoms with Crippen molar-refractivity contribution in [2.24, 2.45) is 0 Å². The molecule has 0 spiro atoms. The first-order chi connectivity index (χ1) is 24.8. The fraction of sp³-hybridized carbons (Fsp3) is 0. The fourth-order valence-corrected chi connectivity index (χ4v) is 8.12. The summed E-state index contributed by atoms with van der Waals surface area (Å²) >= 11 is 1.86. The number of thiophene rings is 1. The van der Waals surface area contributed by atoms with Crippen molar-refractivity contribution >= 4 is 48.6 Å². The minimum absolute atomic E-state index is 1.12. The second-order valence-electron chi connectivity index (χ2n) is 12.6. The molecule has 2 heteroatoms. The zero-order valence-electron chi connectivity index (χ0n) is 27.4. The molecule has 236 valence electrons. The van der Waals surface area contributed by atoms with Crippen molar-refractivity contribution in [1.82, 2.24) is 0 Å². The van der Waals surface area contributed by atoms with Gasteiger partial charge in [-0.1, -0.05) is 164 Å². The molecule has 1 nitrogen and oxygen atoms in total. The Balaban J connectivity index is 1.09. The Morgan fingerprint density at radius 1 is 0.280 bits per heavy atom. The Morgan fingerprint density at radius 3 is 1.10 bits per heavy atom. The number of nitrogens with zero attached hydrogens (tertiary/aromatic N) is 1. The molecule has 8 aromatic carbocycles. The Hall–Kier alpha value is -6.22. The molecule has 0 aliphatic heterocycles. The third kappa shape index (κ3) is 5.66. The number of fused-ring (bicyclic) bond motifs is 3. The molecule has 0 fully saturated rings. The van der Waals surface area contributed by atoms with Crippen LogP contribution in [-0.2, 0) is 0 Å². The fourth-order valence-electron chi connectivity index (χ4n) is 6.91. The van der Waals surface area contributed by atoms with Crippen molar-refractivity contribution in [3.8, 4) is 44.5 Å². The van der Waals surface area contributed by atoms with Crippen LogP contribution in [-0.4, -0.2) is 0 Å². The highest BCUT2D eigenvalue weighted by atomic mass is 32.1. The Labute approximate surface area is 297 Å². The normalized spacial score (nSPS) is 11.2. The standard InChI is InChI=1S/C48H33NS/c1-3-10-34(11-4-1)36-18-22-38(23-19-36)40-26-30-42(31-27-40)49(46-16-9-15-45-44-14-7-8-17-47(44)50-48(45)46)43-32-28-41(29-33-43)39-24-20-37(21-25-39)35-12-5-2-6-13-35/h1-33H. The van der Waals surface area contributed by atoms with Gasteiger partial charge in [0.15, 0.2) is 0 Å². The molecule has 0 N–H and O–H groups in total. The van der Waals surface area contributed by atoms with E-state index in [2.05, 4.69) is 205 Å². The van der Waals surface area contributed by atoms with E-state index >= 15 is 0 Å².